The van der Waals surface area contributed by atoms with E-state index in [9.17, 15) is 15.0 Å². The molecule has 4 saturated carbocycles. The molecular formula is C27H46O4. The molecule has 0 amide bonds. The van der Waals surface area contributed by atoms with Gasteiger partial charge in [0.15, 0.2) is 0 Å². The van der Waals surface area contributed by atoms with Crippen LogP contribution in [0.25, 0.3) is 0 Å². The number of aliphatic hydroxyl groups excluding tert-OH is 2. The maximum Gasteiger partial charge on any atom is 0.305 e. The molecule has 4 rings (SSSR count). The van der Waals surface area contributed by atoms with Crippen molar-refractivity contribution < 1.29 is 19.7 Å². The third-order valence-electron chi connectivity index (χ3n) is 11.2. The highest BCUT2D eigenvalue weighted by molar-refractivity contribution is 5.69. The molecule has 31 heavy (non-hydrogen) atoms. The van der Waals surface area contributed by atoms with Crippen LogP contribution in [0.1, 0.15) is 91.9 Å². The highest BCUT2D eigenvalue weighted by Gasteiger charge is 2.64. The molecule has 0 unspecified atom stereocenters. The van der Waals surface area contributed by atoms with Crippen molar-refractivity contribution >= 4 is 5.97 Å². The maximum absolute atomic E-state index is 11.8. The fourth-order valence-electron chi connectivity index (χ4n) is 9.58. The molecule has 0 heterocycles. The summed E-state index contributed by atoms with van der Waals surface area (Å²) in [6.07, 6.45) is 9.87. The van der Waals surface area contributed by atoms with Gasteiger partial charge in [-0.05, 0) is 104 Å². The largest absolute Gasteiger partial charge is 0.469 e. The third kappa shape index (κ3) is 3.68. The topological polar surface area (TPSA) is 66.8 Å². The minimum atomic E-state index is -0.230. The Morgan fingerprint density at radius 3 is 2.39 bits per heavy atom. The highest BCUT2D eigenvalue weighted by Crippen LogP contribution is 2.69. The van der Waals surface area contributed by atoms with E-state index in [0.717, 1.165) is 32.1 Å². The van der Waals surface area contributed by atoms with E-state index in [2.05, 4.69) is 27.7 Å². The number of fused-ring (bicyclic) bond motifs is 5. The van der Waals surface area contributed by atoms with Crippen LogP contribution in [0.3, 0.4) is 0 Å². The highest BCUT2D eigenvalue weighted by atomic mass is 16.5. The summed E-state index contributed by atoms with van der Waals surface area (Å²) in [6, 6.07) is 0. The van der Waals surface area contributed by atoms with Gasteiger partial charge in [0.1, 0.15) is 0 Å². The molecule has 4 fully saturated rings. The minimum Gasteiger partial charge on any atom is -0.469 e. The van der Waals surface area contributed by atoms with Gasteiger partial charge in [-0.25, -0.2) is 0 Å². The first-order valence-electron chi connectivity index (χ1n) is 13.1. The van der Waals surface area contributed by atoms with Crippen LogP contribution in [-0.2, 0) is 9.53 Å². The second-order valence-corrected chi connectivity index (χ2v) is 12.2. The van der Waals surface area contributed by atoms with Gasteiger partial charge in [0, 0.05) is 6.42 Å². The van der Waals surface area contributed by atoms with Crippen LogP contribution in [-0.4, -0.2) is 35.5 Å². The van der Waals surface area contributed by atoms with Crippen molar-refractivity contribution in [1.29, 1.82) is 0 Å². The number of aliphatic hydroxyl groups is 2. The average molecular weight is 435 g/mol. The molecule has 4 heteroatoms. The van der Waals surface area contributed by atoms with Gasteiger partial charge >= 0.3 is 5.97 Å². The Hall–Kier alpha value is -0.610. The molecule has 4 aliphatic carbocycles. The molecule has 0 saturated heterocycles. The first kappa shape index (κ1) is 23.5. The number of hydrogen-bond donors (Lipinski definition) is 2. The normalized spacial score (nSPS) is 50.2. The number of carbonyl (C=O) groups is 1. The van der Waals surface area contributed by atoms with Gasteiger partial charge in [-0.15, -0.1) is 0 Å². The van der Waals surface area contributed by atoms with Crippen LogP contribution in [0.15, 0.2) is 0 Å². The lowest BCUT2D eigenvalue weighted by atomic mass is 9.41. The van der Waals surface area contributed by atoms with Gasteiger partial charge in [-0.3, -0.25) is 4.79 Å². The molecule has 0 spiro atoms. The van der Waals surface area contributed by atoms with Gasteiger partial charge in [-0.1, -0.05) is 34.1 Å². The van der Waals surface area contributed by atoms with Gasteiger partial charge in [0.25, 0.3) is 0 Å². The molecule has 4 nitrogen and oxygen atoms in total. The Bertz CT molecular complexity index is 664. The fraction of sp³-hybridized carbons (Fsp3) is 0.963. The van der Waals surface area contributed by atoms with Crippen LogP contribution in [0, 0.1) is 52.3 Å². The fourth-order valence-corrected chi connectivity index (χ4v) is 9.58. The Labute approximate surface area is 189 Å². The number of methoxy groups -OCH3 is 1. The van der Waals surface area contributed by atoms with E-state index in [-0.39, 0.29) is 29.0 Å². The minimum absolute atomic E-state index is 0.0952. The molecule has 2 N–H and O–H groups in total. The van der Waals surface area contributed by atoms with Crippen molar-refractivity contribution in [3.63, 3.8) is 0 Å². The summed E-state index contributed by atoms with van der Waals surface area (Å²) in [5, 5.41) is 22.2. The van der Waals surface area contributed by atoms with Crippen LogP contribution in [0.4, 0.5) is 0 Å². The van der Waals surface area contributed by atoms with E-state index < -0.39 is 0 Å². The van der Waals surface area contributed by atoms with Crippen LogP contribution in [0.2, 0.25) is 0 Å². The zero-order valence-corrected chi connectivity index (χ0v) is 20.5. The molecule has 0 radical (unpaired) electrons. The molecule has 0 aliphatic heterocycles. The zero-order valence-electron chi connectivity index (χ0n) is 20.5. The quantitative estimate of drug-likeness (QED) is 0.584. The van der Waals surface area contributed by atoms with E-state index in [1.165, 1.54) is 32.8 Å². The maximum atomic E-state index is 11.8. The molecule has 0 aromatic rings. The number of hydrogen-bond acceptors (Lipinski definition) is 4. The average Bonchev–Trinajstić information content (AvgIpc) is 3.10. The first-order valence-corrected chi connectivity index (χ1v) is 13.1. The third-order valence-corrected chi connectivity index (χ3v) is 11.2. The summed E-state index contributed by atoms with van der Waals surface area (Å²) < 4.78 is 4.88. The monoisotopic (exact) mass is 434 g/mol. The van der Waals surface area contributed by atoms with E-state index in [4.69, 9.17) is 4.74 Å². The van der Waals surface area contributed by atoms with E-state index in [1.807, 2.05) is 0 Å². The van der Waals surface area contributed by atoms with Crippen LogP contribution < -0.4 is 0 Å². The lowest BCUT2D eigenvalue weighted by Crippen LogP contribution is -2.62. The lowest BCUT2D eigenvalue weighted by molar-refractivity contribution is -0.203. The van der Waals surface area contributed by atoms with E-state index in [1.54, 1.807) is 0 Å². The zero-order chi connectivity index (χ0) is 22.6. The predicted molar refractivity (Wildman–Crippen MR) is 122 cm³/mol. The number of ether oxygens (including phenoxy) is 1. The molecule has 178 valence electrons. The van der Waals surface area contributed by atoms with Crippen molar-refractivity contribution in [3.8, 4) is 0 Å². The lowest BCUT2D eigenvalue weighted by Gasteiger charge is -2.64. The Morgan fingerprint density at radius 1 is 1.03 bits per heavy atom. The standard InChI is InChI=1S/C27H46O4/c1-6-18-22-15-17(28)11-13-27(22,4)21-12-14-26(3)19(16(2)7-10-23(29)31-5)8-9-20(26)24(21)25(18)30/h16-22,24-25,28,30H,6-15H2,1-5H3/t16-,17-,18-,19-,20+,21+,22+,24+,25-,26-,27-/m1/s1. The Balaban J connectivity index is 1.58. The number of rotatable bonds is 5. The van der Waals surface area contributed by atoms with Crippen molar-refractivity contribution in [2.75, 3.05) is 7.11 Å². The van der Waals surface area contributed by atoms with Gasteiger partial charge in [0.2, 0.25) is 0 Å². The summed E-state index contributed by atoms with van der Waals surface area (Å²) in [5.41, 5.74) is 0.535. The van der Waals surface area contributed by atoms with Crippen molar-refractivity contribution in [2.45, 2.75) is 104 Å². The summed E-state index contributed by atoms with van der Waals surface area (Å²) in [5.74, 6) is 3.41. The number of carbonyl (C=O) groups excluding carboxylic acids is 1. The Kier molecular flexibility index (Phi) is 6.55. The molecule has 0 aromatic carbocycles. The second kappa shape index (κ2) is 8.63. The molecular weight excluding hydrogens is 388 g/mol. The molecule has 4 aliphatic rings. The summed E-state index contributed by atoms with van der Waals surface area (Å²) >= 11 is 0. The molecule has 0 aromatic heterocycles. The van der Waals surface area contributed by atoms with Crippen molar-refractivity contribution in [3.05, 3.63) is 0 Å². The summed E-state index contributed by atoms with van der Waals surface area (Å²) in [7, 11) is 1.48. The molecule has 0 bridgehead atoms. The van der Waals surface area contributed by atoms with Gasteiger partial charge in [0.05, 0.1) is 19.3 Å². The first-order chi connectivity index (χ1) is 14.7. The number of esters is 1. The SMILES string of the molecule is CC[C@H]1[C@@H](O)[C@@H]2[C@H](CC[C@]3(C)[C@@H]([C@H](C)CCC(=O)OC)CC[C@@H]23)[C@@]2(C)CC[C@@H](O)C[C@@H]12. The smallest absolute Gasteiger partial charge is 0.305 e. The molecule has 11 atom stereocenters. The van der Waals surface area contributed by atoms with Crippen LogP contribution >= 0.6 is 0 Å². The van der Waals surface area contributed by atoms with Gasteiger partial charge < -0.3 is 14.9 Å². The predicted octanol–water partition coefficient (Wildman–Crippen LogP) is 5.20. The van der Waals surface area contributed by atoms with E-state index in [0.29, 0.717) is 47.8 Å². The van der Waals surface area contributed by atoms with Crippen molar-refractivity contribution in [2.24, 2.45) is 52.3 Å². The van der Waals surface area contributed by atoms with Crippen molar-refractivity contribution in [1.82, 2.24) is 0 Å². The summed E-state index contributed by atoms with van der Waals surface area (Å²) in [6.45, 7) is 9.58. The van der Waals surface area contributed by atoms with Gasteiger partial charge in [-0.2, -0.15) is 0 Å². The second-order valence-electron chi connectivity index (χ2n) is 12.2. The summed E-state index contributed by atoms with van der Waals surface area (Å²) in [4.78, 5) is 11.7. The van der Waals surface area contributed by atoms with E-state index >= 15 is 0 Å². The van der Waals surface area contributed by atoms with Crippen LogP contribution in [0.5, 0.6) is 0 Å². The Morgan fingerprint density at radius 2 is 1.71 bits per heavy atom.